The van der Waals surface area contributed by atoms with Gasteiger partial charge in [0.05, 0.1) is 25.2 Å². The standard InChI is InChI=1S/C12H16O6S/c1-4-17-12(13)10-8-9(6-7-11(10)16-3)19(14,15)18-5-2/h6-8H,4-5H2,1-3H3. The maximum Gasteiger partial charge on any atom is 0.341 e. The normalized spacial score (nSPS) is 11.1. The highest BCUT2D eigenvalue weighted by Crippen LogP contribution is 2.24. The van der Waals surface area contributed by atoms with Gasteiger partial charge >= 0.3 is 5.97 Å². The Morgan fingerprint density at radius 2 is 1.89 bits per heavy atom. The van der Waals surface area contributed by atoms with Crippen LogP contribution in [0, 0.1) is 0 Å². The number of hydrogen-bond donors (Lipinski definition) is 0. The van der Waals surface area contributed by atoms with Crippen LogP contribution in [0.5, 0.6) is 5.75 Å². The first-order chi connectivity index (χ1) is 8.96. The lowest BCUT2D eigenvalue weighted by Gasteiger charge is -2.10. The molecule has 0 aromatic heterocycles. The number of carbonyl (C=O) groups is 1. The van der Waals surface area contributed by atoms with Crippen molar-refractivity contribution in [2.75, 3.05) is 20.3 Å². The molecule has 0 unspecified atom stereocenters. The molecule has 0 bridgehead atoms. The highest BCUT2D eigenvalue weighted by molar-refractivity contribution is 7.86. The van der Waals surface area contributed by atoms with Crippen molar-refractivity contribution < 1.29 is 26.9 Å². The molecule has 0 N–H and O–H groups in total. The molecule has 0 spiro atoms. The largest absolute Gasteiger partial charge is 0.496 e. The maximum absolute atomic E-state index is 11.7. The van der Waals surface area contributed by atoms with Gasteiger partial charge in [-0.3, -0.25) is 4.18 Å². The average Bonchev–Trinajstić information content (AvgIpc) is 2.38. The van der Waals surface area contributed by atoms with E-state index in [4.69, 9.17) is 9.47 Å². The molecular formula is C12H16O6S. The smallest absolute Gasteiger partial charge is 0.341 e. The van der Waals surface area contributed by atoms with Gasteiger partial charge in [0, 0.05) is 0 Å². The third-order valence-electron chi connectivity index (χ3n) is 2.23. The fraction of sp³-hybridized carbons (Fsp3) is 0.417. The van der Waals surface area contributed by atoms with Crippen LogP contribution in [0.4, 0.5) is 0 Å². The molecule has 0 saturated heterocycles. The Hall–Kier alpha value is -1.60. The number of methoxy groups -OCH3 is 1. The molecule has 0 radical (unpaired) electrons. The summed E-state index contributed by atoms with van der Waals surface area (Å²) in [5.41, 5.74) is 0.0464. The van der Waals surface area contributed by atoms with E-state index in [2.05, 4.69) is 4.18 Å². The summed E-state index contributed by atoms with van der Waals surface area (Å²) in [6, 6.07) is 3.88. The third kappa shape index (κ3) is 3.68. The molecular weight excluding hydrogens is 272 g/mol. The van der Waals surface area contributed by atoms with Gasteiger partial charge in [0.2, 0.25) is 0 Å². The fourth-order valence-corrected chi connectivity index (χ4v) is 2.38. The molecule has 7 heteroatoms. The highest BCUT2D eigenvalue weighted by atomic mass is 32.2. The Labute approximate surface area is 112 Å². The molecule has 19 heavy (non-hydrogen) atoms. The van der Waals surface area contributed by atoms with Crippen molar-refractivity contribution in [3.05, 3.63) is 23.8 Å². The van der Waals surface area contributed by atoms with Gasteiger partial charge in [0.1, 0.15) is 11.3 Å². The topological polar surface area (TPSA) is 78.9 Å². The van der Waals surface area contributed by atoms with Crippen molar-refractivity contribution in [3.8, 4) is 5.75 Å². The van der Waals surface area contributed by atoms with E-state index < -0.39 is 16.1 Å². The summed E-state index contributed by atoms with van der Waals surface area (Å²) < 4.78 is 38.0. The first-order valence-electron chi connectivity index (χ1n) is 5.70. The van der Waals surface area contributed by atoms with E-state index in [1.807, 2.05) is 0 Å². The number of benzene rings is 1. The van der Waals surface area contributed by atoms with E-state index in [0.29, 0.717) is 0 Å². The molecule has 0 aliphatic heterocycles. The molecule has 0 amide bonds. The van der Waals surface area contributed by atoms with Crippen LogP contribution in [0.1, 0.15) is 24.2 Å². The van der Waals surface area contributed by atoms with E-state index in [0.717, 1.165) is 0 Å². The number of esters is 1. The number of hydrogen-bond acceptors (Lipinski definition) is 6. The van der Waals surface area contributed by atoms with Crippen molar-refractivity contribution in [1.29, 1.82) is 0 Å². The average molecular weight is 288 g/mol. The fourth-order valence-electron chi connectivity index (χ4n) is 1.43. The molecule has 106 valence electrons. The lowest BCUT2D eigenvalue weighted by molar-refractivity contribution is 0.0522. The number of rotatable bonds is 6. The molecule has 0 heterocycles. The number of carbonyl (C=O) groups excluding carboxylic acids is 1. The predicted octanol–water partition coefficient (Wildman–Crippen LogP) is 1.60. The summed E-state index contributed by atoms with van der Waals surface area (Å²) in [4.78, 5) is 11.6. The van der Waals surface area contributed by atoms with Gasteiger partial charge < -0.3 is 9.47 Å². The van der Waals surface area contributed by atoms with Crippen molar-refractivity contribution in [1.82, 2.24) is 0 Å². The Morgan fingerprint density at radius 3 is 2.42 bits per heavy atom. The van der Waals surface area contributed by atoms with Gasteiger partial charge in [0.15, 0.2) is 0 Å². The lowest BCUT2D eigenvalue weighted by atomic mass is 10.2. The van der Waals surface area contributed by atoms with E-state index in [9.17, 15) is 13.2 Å². The zero-order chi connectivity index (χ0) is 14.5. The molecule has 0 atom stereocenters. The third-order valence-corrected chi connectivity index (χ3v) is 3.61. The Morgan fingerprint density at radius 1 is 1.21 bits per heavy atom. The molecule has 1 rings (SSSR count). The Kier molecular flexibility index (Phi) is 5.31. The minimum absolute atomic E-state index is 0.0170. The predicted molar refractivity (Wildman–Crippen MR) is 67.8 cm³/mol. The Bertz CT molecular complexity index is 549. The molecule has 1 aromatic carbocycles. The van der Waals surface area contributed by atoms with Crippen molar-refractivity contribution in [2.24, 2.45) is 0 Å². The van der Waals surface area contributed by atoms with Crippen LogP contribution in [0.2, 0.25) is 0 Å². The van der Waals surface area contributed by atoms with Gasteiger partial charge in [-0.2, -0.15) is 8.42 Å². The van der Waals surface area contributed by atoms with E-state index >= 15 is 0 Å². The van der Waals surface area contributed by atoms with Crippen molar-refractivity contribution >= 4 is 16.1 Å². The van der Waals surface area contributed by atoms with Crippen LogP contribution in [-0.4, -0.2) is 34.7 Å². The Balaban J connectivity index is 3.26. The maximum atomic E-state index is 11.7. The molecule has 0 aliphatic rings. The highest BCUT2D eigenvalue weighted by Gasteiger charge is 2.20. The molecule has 0 fully saturated rings. The van der Waals surface area contributed by atoms with Crippen molar-refractivity contribution in [2.45, 2.75) is 18.7 Å². The second kappa shape index (κ2) is 6.53. The van der Waals surface area contributed by atoms with Crippen LogP contribution in [0.3, 0.4) is 0 Å². The second-order valence-corrected chi connectivity index (χ2v) is 5.06. The summed E-state index contributed by atoms with van der Waals surface area (Å²) in [7, 11) is -2.49. The van der Waals surface area contributed by atoms with Crippen LogP contribution < -0.4 is 4.74 Å². The molecule has 6 nitrogen and oxygen atoms in total. The van der Waals surface area contributed by atoms with Crippen LogP contribution in [0.15, 0.2) is 23.1 Å². The van der Waals surface area contributed by atoms with Crippen LogP contribution in [0.25, 0.3) is 0 Å². The first kappa shape index (κ1) is 15.5. The minimum atomic E-state index is -3.87. The lowest BCUT2D eigenvalue weighted by Crippen LogP contribution is -2.10. The quantitative estimate of drug-likeness (QED) is 0.584. The van der Waals surface area contributed by atoms with E-state index in [1.54, 1.807) is 13.8 Å². The first-order valence-corrected chi connectivity index (χ1v) is 7.11. The summed E-state index contributed by atoms with van der Waals surface area (Å²) in [5.74, 6) is -0.401. The summed E-state index contributed by atoms with van der Waals surface area (Å²) in [5, 5.41) is 0. The monoisotopic (exact) mass is 288 g/mol. The van der Waals surface area contributed by atoms with E-state index in [1.165, 1.54) is 25.3 Å². The number of ether oxygens (including phenoxy) is 2. The molecule has 1 aromatic rings. The van der Waals surface area contributed by atoms with Gasteiger partial charge in [0.25, 0.3) is 10.1 Å². The molecule has 0 aliphatic carbocycles. The van der Waals surface area contributed by atoms with Gasteiger partial charge in [-0.25, -0.2) is 4.79 Å². The van der Waals surface area contributed by atoms with Gasteiger partial charge in [-0.05, 0) is 32.0 Å². The molecule has 0 saturated carbocycles. The summed E-state index contributed by atoms with van der Waals surface area (Å²) in [6.45, 7) is 3.42. The minimum Gasteiger partial charge on any atom is -0.496 e. The SMILES string of the molecule is CCOC(=O)c1cc(S(=O)(=O)OCC)ccc1OC. The summed E-state index contributed by atoms with van der Waals surface area (Å²) >= 11 is 0. The van der Waals surface area contributed by atoms with Crippen molar-refractivity contribution in [3.63, 3.8) is 0 Å². The second-order valence-electron chi connectivity index (χ2n) is 3.44. The zero-order valence-electron chi connectivity index (χ0n) is 11.0. The summed E-state index contributed by atoms with van der Waals surface area (Å²) in [6.07, 6.45) is 0. The van der Waals surface area contributed by atoms with E-state index in [-0.39, 0.29) is 29.4 Å². The van der Waals surface area contributed by atoms with Crippen LogP contribution >= 0.6 is 0 Å². The zero-order valence-corrected chi connectivity index (χ0v) is 11.8. The van der Waals surface area contributed by atoms with Gasteiger partial charge in [-0.15, -0.1) is 0 Å². The van der Waals surface area contributed by atoms with Crippen LogP contribution in [-0.2, 0) is 19.0 Å². The van der Waals surface area contributed by atoms with Gasteiger partial charge in [-0.1, -0.05) is 0 Å².